The normalized spacial score (nSPS) is 19.9. The van der Waals surface area contributed by atoms with Gasteiger partial charge >= 0.3 is 7.05 Å². The quantitative estimate of drug-likeness (QED) is 0.828. The molecular formula is C12H16BBrN4O3. The van der Waals surface area contributed by atoms with Crippen LogP contribution >= 0.6 is 15.9 Å². The Morgan fingerprint density at radius 3 is 3.10 bits per heavy atom. The predicted molar refractivity (Wildman–Crippen MR) is 81.3 cm³/mol. The van der Waals surface area contributed by atoms with Gasteiger partial charge in [0, 0.05) is 19.2 Å². The summed E-state index contributed by atoms with van der Waals surface area (Å²) in [5, 5.41) is 13.9. The number of aromatic nitrogens is 3. The standard InChI is InChI=1S/C12H16BBrN4O3/c1-13(19)17-3-4-21-10(7-17)9-5-11(20-2)18-12(16-9)8(14)6-15-18/h5-6,10,19H,3-4,7H2,1-2H3. The van der Waals surface area contributed by atoms with Crippen molar-refractivity contribution in [2.75, 3.05) is 26.8 Å². The summed E-state index contributed by atoms with van der Waals surface area (Å²) in [6.07, 6.45) is 1.48. The van der Waals surface area contributed by atoms with E-state index in [1.54, 1.807) is 24.6 Å². The summed E-state index contributed by atoms with van der Waals surface area (Å²) in [6.45, 7) is 3.62. The molecule has 1 N–H and O–H groups in total. The zero-order chi connectivity index (χ0) is 15.0. The van der Waals surface area contributed by atoms with Crippen LogP contribution in [0.4, 0.5) is 0 Å². The lowest BCUT2D eigenvalue weighted by atomic mass is 9.84. The highest BCUT2D eigenvalue weighted by molar-refractivity contribution is 9.10. The fourth-order valence-electron chi connectivity index (χ4n) is 2.42. The van der Waals surface area contributed by atoms with Crippen molar-refractivity contribution in [2.45, 2.75) is 12.9 Å². The molecule has 1 atom stereocenters. The van der Waals surface area contributed by atoms with E-state index in [0.29, 0.717) is 31.2 Å². The molecule has 0 amide bonds. The Hall–Kier alpha value is -1.16. The monoisotopic (exact) mass is 354 g/mol. The molecular weight excluding hydrogens is 339 g/mol. The van der Waals surface area contributed by atoms with Crippen molar-refractivity contribution in [3.05, 3.63) is 22.4 Å². The van der Waals surface area contributed by atoms with Crippen LogP contribution in [0.25, 0.3) is 5.65 Å². The van der Waals surface area contributed by atoms with E-state index in [2.05, 4.69) is 26.0 Å². The molecule has 0 aliphatic carbocycles. The van der Waals surface area contributed by atoms with Crippen LogP contribution in [0.3, 0.4) is 0 Å². The lowest BCUT2D eigenvalue weighted by molar-refractivity contribution is -0.0104. The topological polar surface area (TPSA) is 72.1 Å². The molecule has 2 aromatic rings. The maximum atomic E-state index is 9.73. The third-order valence-corrected chi connectivity index (χ3v) is 4.14. The van der Waals surface area contributed by atoms with Crippen LogP contribution in [-0.4, -0.2) is 58.3 Å². The highest BCUT2D eigenvalue weighted by atomic mass is 79.9. The van der Waals surface area contributed by atoms with Crippen LogP contribution in [0.5, 0.6) is 5.88 Å². The maximum absolute atomic E-state index is 9.73. The second kappa shape index (κ2) is 5.92. The number of hydrogen-bond acceptors (Lipinski definition) is 6. The number of nitrogens with zero attached hydrogens (tertiary/aromatic N) is 4. The fourth-order valence-corrected chi connectivity index (χ4v) is 2.77. The van der Waals surface area contributed by atoms with E-state index in [0.717, 1.165) is 10.2 Å². The lowest BCUT2D eigenvalue weighted by Crippen LogP contribution is -2.46. The van der Waals surface area contributed by atoms with Crippen molar-refractivity contribution in [2.24, 2.45) is 0 Å². The first-order valence-corrected chi connectivity index (χ1v) is 7.51. The van der Waals surface area contributed by atoms with Gasteiger partial charge in [0.1, 0.15) is 6.10 Å². The number of morpholine rings is 1. The molecule has 7 nitrogen and oxygen atoms in total. The molecule has 21 heavy (non-hydrogen) atoms. The first-order chi connectivity index (χ1) is 10.1. The summed E-state index contributed by atoms with van der Waals surface area (Å²) in [6, 6.07) is 1.82. The second-order valence-electron chi connectivity index (χ2n) is 4.94. The van der Waals surface area contributed by atoms with Gasteiger partial charge in [-0.3, -0.25) is 0 Å². The molecule has 0 aromatic carbocycles. The van der Waals surface area contributed by atoms with Gasteiger partial charge in [0.25, 0.3) is 0 Å². The highest BCUT2D eigenvalue weighted by Crippen LogP contribution is 2.27. The Morgan fingerprint density at radius 1 is 1.57 bits per heavy atom. The largest absolute Gasteiger partial charge is 0.481 e. The van der Waals surface area contributed by atoms with Gasteiger partial charge in [-0.25, -0.2) is 4.98 Å². The van der Waals surface area contributed by atoms with Gasteiger partial charge in [-0.1, -0.05) is 0 Å². The average molecular weight is 355 g/mol. The Balaban J connectivity index is 1.98. The summed E-state index contributed by atoms with van der Waals surface area (Å²) in [4.78, 5) is 6.56. The molecule has 9 heteroatoms. The Labute approximate surface area is 131 Å². The van der Waals surface area contributed by atoms with Gasteiger partial charge < -0.3 is 19.3 Å². The van der Waals surface area contributed by atoms with Crippen LogP contribution in [0, 0.1) is 0 Å². The molecule has 3 rings (SSSR count). The molecule has 112 valence electrons. The van der Waals surface area contributed by atoms with E-state index in [1.165, 1.54) is 0 Å². The second-order valence-corrected chi connectivity index (χ2v) is 5.79. The van der Waals surface area contributed by atoms with E-state index in [1.807, 2.05) is 10.9 Å². The van der Waals surface area contributed by atoms with Gasteiger partial charge in [0.2, 0.25) is 5.88 Å². The minimum absolute atomic E-state index is 0.200. The molecule has 1 aliphatic rings. The third kappa shape index (κ3) is 2.78. The van der Waals surface area contributed by atoms with Crippen molar-refractivity contribution >= 4 is 28.6 Å². The van der Waals surface area contributed by atoms with Crippen LogP contribution in [-0.2, 0) is 4.74 Å². The summed E-state index contributed by atoms with van der Waals surface area (Å²) in [7, 11) is 1.10. The van der Waals surface area contributed by atoms with E-state index >= 15 is 0 Å². The molecule has 0 saturated carbocycles. The first-order valence-electron chi connectivity index (χ1n) is 6.72. The number of hydrogen-bond donors (Lipinski definition) is 1. The molecule has 2 aromatic heterocycles. The van der Waals surface area contributed by atoms with Crippen molar-refractivity contribution in [3.8, 4) is 5.88 Å². The number of methoxy groups -OCH3 is 1. The molecule has 1 fully saturated rings. The lowest BCUT2D eigenvalue weighted by Gasteiger charge is -2.33. The molecule has 1 saturated heterocycles. The summed E-state index contributed by atoms with van der Waals surface area (Å²) < 4.78 is 13.6. The molecule has 1 aliphatic heterocycles. The van der Waals surface area contributed by atoms with Crippen molar-refractivity contribution in [1.29, 1.82) is 0 Å². The highest BCUT2D eigenvalue weighted by Gasteiger charge is 2.28. The van der Waals surface area contributed by atoms with Crippen LogP contribution in [0.15, 0.2) is 16.7 Å². The van der Waals surface area contributed by atoms with Gasteiger partial charge in [-0.15, -0.1) is 0 Å². The zero-order valence-corrected chi connectivity index (χ0v) is 13.4. The number of ether oxygens (including phenoxy) is 2. The Kier molecular flexibility index (Phi) is 4.16. The van der Waals surface area contributed by atoms with Crippen LogP contribution in [0.2, 0.25) is 6.82 Å². The Morgan fingerprint density at radius 2 is 2.38 bits per heavy atom. The van der Waals surface area contributed by atoms with Crippen molar-refractivity contribution in [1.82, 2.24) is 19.4 Å². The SMILES string of the molecule is COc1cc(C2CN(B(C)O)CCO2)nc2c(Br)cnn12. The maximum Gasteiger partial charge on any atom is 0.376 e. The van der Waals surface area contributed by atoms with Gasteiger partial charge in [0.05, 0.1) is 30.1 Å². The van der Waals surface area contributed by atoms with Crippen LogP contribution in [0.1, 0.15) is 11.8 Å². The van der Waals surface area contributed by atoms with Crippen molar-refractivity contribution < 1.29 is 14.5 Å². The molecule has 0 spiro atoms. The zero-order valence-electron chi connectivity index (χ0n) is 11.9. The smallest absolute Gasteiger partial charge is 0.376 e. The van der Waals surface area contributed by atoms with E-state index in [-0.39, 0.29) is 6.10 Å². The predicted octanol–water partition coefficient (Wildman–Crippen LogP) is 0.984. The van der Waals surface area contributed by atoms with Gasteiger partial charge in [-0.05, 0) is 22.8 Å². The van der Waals surface area contributed by atoms with Crippen molar-refractivity contribution in [3.63, 3.8) is 0 Å². The van der Waals surface area contributed by atoms with Gasteiger partial charge in [-0.2, -0.15) is 9.61 Å². The van der Waals surface area contributed by atoms with E-state index in [4.69, 9.17) is 9.47 Å². The summed E-state index contributed by atoms with van der Waals surface area (Å²) in [5.41, 5.74) is 1.45. The average Bonchev–Trinajstić information content (AvgIpc) is 2.88. The minimum atomic E-state index is -0.497. The fraction of sp³-hybridized carbons (Fsp3) is 0.500. The molecule has 0 radical (unpaired) electrons. The number of rotatable bonds is 3. The number of halogens is 1. The first kappa shape index (κ1) is 14.8. The summed E-state index contributed by atoms with van der Waals surface area (Å²) in [5.74, 6) is 0.596. The number of fused-ring (bicyclic) bond motifs is 1. The molecule has 3 heterocycles. The molecule has 1 unspecified atom stereocenters. The Bertz CT molecular complexity index is 651. The van der Waals surface area contributed by atoms with E-state index < -0.39 is 7.05 Å². The van der Waals surface area contributed by atoms with Crippen LogP contribution < -0.4 is 4.74 Å². The minimum Gasteiger partial charge on any atom is -0.481 e. The van der Waals surface area contributed by atoms with Gasteiger partial charge in [0.15, 0.2) is 5.65 Å². The summed E-state index contributed by atoms with van der Waals surface area (Å²) >= 11 is 3.43. The third-order valence-electron chi connectivity index (χ3n) is 3.58. The molecule has 0 bridgehead atoms. The van der Waals surface area contributed by atoms with E-state index in [9.17, 15) is 5.02 Å².